The molecule has 2 aliphatic rings. The Kier molecular flexibility index (Phi) is 4.88. The zero-order valence-electron chi connectivity index (χ0n) is 12.8. The number of phenolic OH excluding ortho intramolecular Hbond substituents is 1. The molecule has 1 fully saturated rings. The lowest BCUT2D eigenvalue weighted by Crippen LogP contribution is -2.38. The molecule has 7 heteroatoms. The number of amidine groups is 1. The van der Waals surface area contributed by atoms with Gasteiger partial charge in [-0.2, -0.15) is 4.99 Å². The molecular weight excluding hydrogens is 316 g/mol. The fourth-order valence-electron chi connectivity index (χ4n) is 2.33. The smallest absolute Gasteiger partial charge is 0.286 e. The molecule has 0 atom stereocenters. The van der Waals surface area contributed by atoms with Crippen molar-refractivity contribution in [2.24, 2.45) is 4.99 Å². The number of thioether (sulfide) groups is 1. The summed E-state index contributed by atoms with van der Waals surface area (Å²) in [6, 6.07) is 5.02. The van der Waals surface area contributed by atoms with Crippen LogP contribution in [0, 0.1) is 0 Å². The van der Waals surface area contributed by atoms with E-state index in [0.717, 1.165) is 23.8 Å². The van der Waals surface area contributed by atoms with Crippen LogP contribution in [0.3, 0.4) is 0 Å². The topological polar surface area (TPSA) is 71.4 Å². The van der Waals surface area contributed by atoms with Crippen molar-refractivity contribution >= 4 is 28.9 Å². The van der Waals surface area contributed by atoms with E-state index in [9.17, 15) is 9.90 Å². The zero-order valence-corrected chi connectivity index (χ0v) is 13.6. The van der Waals surface area contributed by atoms with Crippen LogP contribution >= 0.6 is 11.8 Å². The minimum Gasteiger partial charge on any atom is -0.504 e. The Morgan fingerprint density at radius 2 is 2.22 bits per heavy atom. The second-order valence-corrected chi connectivity index (χ2v) is 6.08. The number of aliphatic imine (C=N–C) groups is 1. The van der Waals surface area contributed by atoms with E-state index >= 15 is 0 Å². The number of rotatable bonds is 3. The number of nitrogens with zero attached hydrogens (tertiary/aromatic N) is 2. The molecule has 0 aliphatic carbocycles. The molecule has 0 bridgehead atoms. The molecule has 122 valence electrons. The molecule has 0 saturated carbocycles. The lowest BCUT2D eigenvalue weighted by molar-refractivity contribution is -0.113. The van der Waals surface area contributed by atoms with Gasteiger partial charge in [-0.05, 0) is 42.5 Å². The maximum atomic E-state index is 12.1. The summed E-state index contributed by atoms with van der Waals surface area (Å²) in [4.78, 5) is 18.9. The first-order valence-electron chi connectivity index (χ1n) is 7.48. The first-order chi connectivity index (χ1) is 11.2. The third-order valence-corrected chi connectivity index (χ3v) is 4.52. The fraction of sp³-hybridized carbons (Fsp3) is 0.375. The highest BCUT2D eigenvalue weighted by Crippen LogP contribution is 2.33. The van der Waals surface area contributed by atoms with E-state index in [0.29, 0.717) is 30.5 Å². The number of carbonyl (C=O) groups excluding carboxylic acids is 1. The van der Waals surface area contributed by atoms with Crippen molar-refractivity contribution in [3.8, 4) is 11.5 Å². The van der Waals surface area contributed by atoms with E-state index in [4.69, 9.17) is 9.47 Å². The van der Waals surface area contributed by atoms with Crippen LogP contribution in [-0.4, -0.2) is 54.0 Å². The molecule has 2 heterocycles. The molecule has 2 aliphatic heterocycles. The van der Waals surface area contributed by atoms with Crippen molar-refractivity contribution < 1.29 is 19.4 Å². The number of amides is 1. The van der Waals surface area contributed by atoms with E-state index in [1.54, 1.807) is 24.3 Å². The summed E-state index contributed by atoms with van der Waals surface area (Å²) in [6.45, 7) is 5.13. The minimum atomic E-state index is -0.234. The largest absolute Gasteiger partial charge is 0.504 e. The van der Waals surface area contributed by atoms with Gasteiger partial charge in [-0.15, -0.1) is 0 Å². The molecule has 0 spiro atoms. The van der Waals surface area contributed by atoms with Crippen LogP contribution in [0.25, 0.3) is 6.08 Å². The monoisotopic (exact) mass is 334 g/mol. The number of aromatic hydroxyl groups is 1. The van der Waals surface area contributed by atoms with Crippen LogP contribution in [0.5, 0.6) is 11.5 Å². The van der Waals surface area contributed by atoms with Crippen molar-refractivity contribution in [3.05, 3.63) is 28.7 Å². The Balaban J connectivity index is 1.76. The predicted octanol–water partition coefficient (Wildman–Crippen LogP) is 2.09. The number of morpholine rings is 1. The Morgan fingerprint density at radius 1 is 1.43 bits per heavy atom. The summed E-state index contributed by atoms with van der Waals surface area (Å²) in [7, 11) is 0. The quantitative estimate of drug-likeness (QED) is 0.854. The molecule has 23 heavy (non-hydrogen) atoms. The van der Waals surface area contributed by atoms with Crippen LogP contribution in [0.4, 0.5) is 0 Å². The standard InChI is InChI=1S/C16H18N2O4S/c1-2-22-13-9-11(3-4-12(13)19)10-14-15(20)17-16(23-14)18-5-7-21-8-6-18/h3-4,9-10,19H,2,5-8H2,1H3. The molecule has 1 aromatic rings. The number of hydrogen-bond acceptors (Lipinski definition) is 6. The van der Waals surface area contributed by atoms with Gasteiger partial charge >= 0.3 is 0 Å². The summed E-state index contributed by atoms with van der Waals surface area (Å²) in [6.07, 6.45) is 1.77. The number of ether oxygens (including phenoxy) is 2. The molecule has 0 aromatic heterocycles. The SMILES string of the molecule is CCOc1cc(C=C2SC(N3CCOCC3)=NC2=O)ccc1O. The maximum absolute atomic E-state index is 12.1. The Morgan fingerprint density at radius 3 is 2.96 bits per heavy atom. The Labute approximate surface area is 138 Å². The van der Waals surface area contributed by atoms with Crippen molar-refractivity contribution in [1.29, 1.82) is 0 Å². The van der Waals surface area contributed by atoms with Gasteiger partial charge < -0.3 is 19.5 Å². The van der Waals surface area contributed by atoms with Crippen LogP contribution in [0.2, 0.25) is 0 Å². The van der Waals surface area contributed by atoms with Gasteiger partial charge in [-0.1, -0.05) is 6.07 Å². The van der Waals surface area contributed by atoms with Gasteiger partial charge in [0.05, 0.1) is 24.7 Å². The first-order valence-corrected chi connectivity index (χ1v) is 8.30. The average Bonchev–Trinajstić information content (AvgIpc) is 2.93. The lowest BCUT2D eigenvalue weighted by Gasteiger charge is -2.27. The zero-order chi connectivity index (χ0) is 16.2. The number of carbonyl (C=O) groups is 1. The first kappa shape index (κ1) is 15.9. The van der Waals surface area contributed by atoms with Crippen LogP contribution in [0.1, 0.15) is 12.5 Å². The van der Waals surface area contributed by atoms with Gasteiger partial charge in [0.1, 0.15) is 0 Å². The third kappa shape index (κ3) is 3.68. The van der Waals surface area contributed by atoms with E-state index in [1.807, 2.05) is 6.92 Å². The number of phenols is 1. The van der Waals surface area contributed by atoms with Crippen LogP contribution in [-0.2, 0) is 9.53 Å². The predicted molar refractivity (Wildman–Crippen MR) is 89.7 cm³/mol. The summed E-state index contributed by atoms with van der Waals surface area (Å²) in [5.74, 6) is 0.263. The lowest BCUT2D eigenvalue weighted by atomic mass is 10.2. The molecule has 0 unspecified atom stereocenters. The maximum Gasteiger partial charge on any atom is 0.286 e. The summed E-state index contributed by atoms with van der Waals surface area (Å²) < 4.78 is 10.7. The van der Waals surface area contributed by atoms with Crippen molar-refractivity contribution in [3.63, 3.8) is 0 Å². The van der Waals surface area contributed by atoms with Gasteiger partial charge in [0.25, 0.3) is 5.91 Å². The molecule has 1 aromatic carbocycles. The Hall–Kier alpha value is -1.99. The van der Waals surface area contributed by atoms with E-state index < -0.39 is 0 Å². The summed E-state index contributed by atoms with van der Waals surface area (Å²) >= 11 is 1.37. The molecule has 1 saturated heterocycles. The number of hydrogen-bond donors (Lipinski definition) is 1. The second kappa shape index (κ2) is 7.06. The normalized spacial score (nSPS) is 20.0. The number of benzene rings is 1. The molecule has 3 rings (SSSR count). The summed E-state index contributed by atoms with van der Waals surface area (Å²) in [5.41, 5.74) is 0.792. The highest BCUT2D eigenvalue weighted by atomic mass is 32.2. The van der Waals surface area contributed by atoms with Gasteiger partial charge in [-0.25, -0.2) is 0 Å². The van der Waals surface area contributed by atoms with Gasteiger partial charge in [-0.3, -0.25) is 4.79 Å². The van der Waals surface area contributed by atoms with Crippen LogP contribution in [0.15, 0.2) is 28.1 Å². The second-order valence-electron chi connectivity index (χ2n) is 5.07. The van der Waals surface area contributed by atoms with Crippen LogP contribution < -0.4 is 4.74 Å². The van der Waals surface area contributed by atoms with Gasteiger partial charge in [0.15, 0.2) is 16.7 Å². The van der Waals surface area contributed by atoms with Crippen molar-refractivity contribution in [2.75, 3.05) is 32.9 Å². The molecular formula is C16H18N2O4S. The molecule has 6 nitrogen and oxygen atoms in total. The average molecular weight is 334 g/mol. The van der Waals surface area contributed by atoms with Gasteiger partial charge in [0, 0.05) is 13.1 Å². The van der Waals surface area contributed by atoms with Gasteiger partial charge in [0.2, 0.25) is 0 Å². The minimum absolute atomic E-state index is 0.0876. The van der Waals surface area contributed by atoms with Crippen molar-refractivity contribution in [1.82, 2.24) is 4.90 Å². The van der Waals surface area contributed by atoms with E-state index in [-0.39, 0.29) is 11.7 Å². The van der Waals surface area contributed by atoms with Crippen molar-refractivity contribution in [2.45, 2.75) is 6.92 Å². The Bertz CT molecular complexity index is 666. The highest BCUT2D eigenvalue weighted by molar-refractivity contribution is 8.18. The van der Waals surface area contributed by atoms with E-state index in [1.165, 1.54) is 11.8 Å². The van der Waals surface area contributed by atoms with E-state index in [2.05, 4.69) is 9.89 Å². The third-order valence-electron chi connectivity index (χ3n) is 3.47. The highest BCUT2D eigenvalue weighted by Gasteiger charge is 2.27. The molecule has 1 amide bonds. The fourth-order valence-corrected chi connectivity index (χ4v) is 3.30. The molecule has 0 radical (unpaired) electrons. The summed E-state index contributed by atoms with van der Waals surface area (Å²) in [5, 5.41) is 10.5. The molecule has 1 N–H and O–H groups in total.